The topological polar surface area (TPSA) is 48.1 Å². The molecule has 1 fully saturated rings. The second-order valence-corrected chi connectivity index (χ2v) is 8.42. The smallest absolute Gasteiger partial charge is 0.253 e. The lowest BCUT2D eigenvalue weighted by Crippen LogP contribution is -2.42. The first kappa shape index (κ1) is 19.6. The van der Waals surface area contributed by atoms with Crippen LogP contribution in [0.1, 0.15) is 42.4 Å². The second kappa shape index (κ2) is 8.37. The Balaban J connectivity index is 1.64. The van der Waals surface area contributed by atoms with Crippen molar-refractivity contribution in [2.45, 2.75) is 52.1 Å². The van der Waals surface area contributed by atoms with E-state index < -0.39 is 0 Å². The minimum absolute atomic E-state index is 0.0341. The third kappa shape index (κ3) is 4.35. The van der Waals surface area contributed by atoms with Gasteiger partial charge >= 0.3 is 0 Å². The molecule has 4 rings (SSSR count). The molecule has 0 aliphatic heterocycles. The van der Waals surface area contributed by atoms with Crippen molar-refractivity contribution in [1.82, 2.24) is 9.88 Å². The molecule has 0 radical (unpaired) electrons. The fourth-order valence-corrected chi connectivity index (χ4v) is 4.56. The molecule has 3 aromatic rings. The number of para-hydroxylation sites is 1. The van der Waals surface area contributed by atoms with E-state index in [-0.39, 0.29) is 5.56 Å². The number of hydrogen-bond acceptors (Lipinski definition) is 2. The third-order valence-electron chi connectivity index (χ3n) is 5.80. The maximum Gasteiger partial charge on any atom is 0.253 e. The van der Waals surface area contributed by atoms with Gasteiger partial charge in [-0.05, 0) is 73.6 Å². The number of hydrogen-bond donors (Lipinski definition) is 2. The maximum atomic E-state index is 12.8. The number of aromatic amines is 1. The van der Waals surface area contributed by atoms with E-state index in [1.807, 2.05) is 43.3 Å². The van der Waals surface area contributed by atoms with E-state index in [4.69, 9.17) is 12.2 Å². The molecule has 1 aliphatic carbocycles. The number of pyridine rings is 1. The molecule has 0 saturated heterocycles. The monoisotopic (exact) mass is 405 g/mol. The van der Waals surface area contributed by atoms with Crippen molar-refractivity contribution in [3.8, 4) is 0 Å². The summed E-state index contributed by atoms with van der Waals surface area (Å²) in [5.74, 6) is 0. The molecule has 1 aromatic heterocycles. The summed E-state index contributed by atoms with van der Waals surface area (Å²) in [4.78, 5) is 18.1. The van der Waals surface area contributed by atoms with Gasteiger partial charge in [0.25, 0.3) is 5.56 Å². The molecule has 0 spiro atoms. The Bertz CT molecular complexity index is 1100. The van der Waals surface area contributed by atoms with Gasteiger partial charge in [-0.2, -0.15) is 0 Å². The first-order valence-corrected chi connectivity index (χ1v) is 10.7. The Morgan fingerprint density at radius 2 is 1.90 bits per heavy atom. The Morgan fingerprint density at radius 3 is 2.66 bits per heavy atom. The summed E-state index contributed by atoms with van der Waals surface area (Å²) in [5.41, 5.74) is 4.88. The lowest BCUT2D eigenvalue weighted by molar-refractivity contribution is 0.311. The Hall–Kier alpha value is -2.66. The molecule has 0 unspecified atom stereocenters. The van der Waals surface area contributed by atoms with E-state index >= 15 is 0 Å². The highest BCUT2D eigenvalue weighted by Crippen LogP contribution is 2.26. The molecule has 5 heteroatoms. The van der Waals surface area contributed by atoms with Crippen LogP contribution in [-0.2, 0) is 6.54 Å². The quantitative estimate of drug-likeness (QED) is 0.579. The highest BCUT2D eigenvalue weighted by molar-refractivity contribution is 7.80. The van der Waals surface area contributed by atoms with Crippen LogP contribution in [0.4, 0.5) is 5.69 Å². The molecule has 4 nitrogen and oxygen atoms in total. The average molecular weight is 406 g/mol. The van der Waals surface area contributed by atoms with Gasteiger partial charge in [0, 0.05) is 17.3 Å². The number of aromatic nitrogens is 1. The summed E-state index contributed by atoms with van der Waals surface area (Å²) < 4.78 is 0. The summed E-state index contributed by atoms with van der Waals surface area (Å²) in [5, 5.41) is 5.14. The predicted molar refractivity (Wildman–Crippen MR) is 125 cm³/mol. The standard InChI is InChI=1S/C24H27N3OS/c1-16-7-5-10-20(13-16)25-24(29)27(21-11-3-4-12-21)15-19-14-18-9-6-8-17(2)22(18)26-23(19)28/h5-10,13-14,21H,3-4,11-12,15H2,1-2H3,(H,25,29)(H,26,28). The van der Waals surface area contributed by atoms with Crippen LogP contribution in [0.2, 0.25) is 0 Å². The van der Waals surface area contributed by atoms with Crippen molar-refractivity contribution < 1.29 is 0 Å². The van der Waals surface area contributed by atoms with Gasteiger partial charge in [0.05, 0.1) is 12.1 Å². The van der Waals surface area contributed by atoms with E-state index in [0.29, 0.717) is 17.7 Å². The Kier molecular flexibility index (Phi) is 5.67. The van der Waals surface area contributed by atoms with Gasteiger partial charge in [-0.25, -0.2) is 0 Å². The normalized spacial score (nSPS) is 14.3. The van der Waals surface area contributed by atoms with Crippen LogP contribution in [0, 0.1) is 13.8 Å². The largest absolute Gasteiger partial charge is 0.342 e. The van der Waals surface area contributed by atoms with Gasteiger partial charge in [0.1, 0.15) is 0 Å². The summed E-state index contributed by atoms with van der Waals surface area (Å²) in [6, 6.07) is 16.7. The number of anilines is 1. The zero-order valence-corrected chi connectivity index (χ0v) is 17.8. The van der Waals surface area contributed by atoms with E-state index in [0.717, 1.165) is 40.6 Å². The number of benzene rings is 2. The SMILES string of the molecule is Cc1cccc(NC(=S)N(Cc2cc3cccc(C)c3[nH]c2=O)C2CCCC2)c1. The van der Waals surface area contributed by atoms with Crippen LogP contribution in [-0.4, -0.2) is 21.0 Å². The van der Waals surface area contributed by atoms with Crippen LogP contribution in [0.3, 0.4) is 0 Å². The van der Waals surface area contributed by atoms with Crippen LogP contribution in [0.15, 0.2) is 53.3 Å². The van der Waals surface area contributed by atoms with Crippen molar-refractivity contribution in [2.24, 2.45) is 0 Å². The van der Waals surface area contributed by atoms with E-state index in [9.17, 15) is 4.79 Å². The first-order valence-electron chi connectivity index (χ1n) is 10.3. The maximum absolute atomic E-state index is 12.8. The number of H-pyrrole nitrogens is 1. The molecule has 2 N–H and O–H groups in total. The Labute approximate surface area is 176 Å². The summed E-state index contributed by atoms with van der Waals surface area (Å²) >= 11 is 5.80. The molecule has 0 amide bonds. The van der Waals surface area contributed by atoms with Gasteiger partial charge in [0.2, 0.25) is 0 Å². The van der Waals surface area contributed by atoms with Gasteiger partial charge in [-0.15, -0.1) is 0 Å². The molecular weight excluding hydrogens is 378 g/mol. The van der Waals surface area contributed by atoms with E-state index in [1.54, 1.807) is 0 Å². The fraction of sp³-hybridized carbons (Fsp3) is 0.333. The highest BCUT2D eigenvalue weighted by Gasteiger charge is 2.25. The number of thiocarbonyl (C=S) groups is 1. The molecule has 150 valence electrons. The number of nitrogens with one attached hydrogen (secondary N) is 2. The first-order chi connectivity index (χ1) is 14.0. The minimum Gasteiger partial charge on any atom is -0.342 e. The highest BCUT2D eigenvalue weighted by atomic mass is 32.1. The van der Waals surface area contributed by atoms with Crippen molar-refractivity contribution in [3.05, 3.63) is 75.6 Å². The van der Waals surface area contributed by atoms with E-state index in [2.05, 4.69) is 34.3 Å². The van der Waals surface area contributed by atoms with Crippen molar-refractivity contribution in [3.63, 3.8) is 0 Å². The number of fused-ring (bicyclic) bond motifs is 1. The van der Waals surface area contributed by atoms with Crippen molar-refractivity contribution in [2.75, 3.05) is 5.32 Å². The molecule has 29 heavy (non-hydrogen) atoms. The van der Waals surface area contributed by atoms with Crippen LogP contribution >= 0.6 is 12.2 Å². The van der Waals surface area contributed by atoms with Crippen LogP contribution < -0.4 is 10.9 Å². The molecule has 1 heterocycles. The van der Waals surface area contributed by atoms with Gasteiger partial charge in [0.15, 0.2) is 5.11 Å². The lowest BCUT2D eigenvalue weighted by Gasteiger charge is -2.31. The molecule has 2 aromatic carbocycles. The molecule has 1 saturated carbocycles. The van der Waals surface area contributed by atoms with Crippen molar-refractivity contribution >= 4 is 33.9 Å². The lowest BCUT2D eigenvalue weighted by atomic mass is 10.1. The van der Waals surface area contributed by atoms with Crippen LogP contribution in [0.5, 0.6) is 0 Å². The van der Waals surface area contributed by atoms with Crippen molar-refractivity contribution in [1.29, 1.82) is 0 Å². The third-order valence-corrected chi connectivity index (χ3v) is 6.14. The van der Waals surface area contributed by atoms with Gasteiger partial charge in [-0.3, -0.25) is 4.79 Å². The zero-order valence-electron chi connectivity index (χ0n) is 17.0. The van der Waals surface area contributed by atoms with E-state index in [1.165, 1.54) is 18.4 Å². The molecule has 1 aliphatic rings. The zero-order chi connectivity index (χ0) is 20.4. The Morgan fingerprint density at radius 1 is 1.14 bits per heavy atom. The number of nitrogens with zero attached hydrogens (tertiary/aromatic N) is 1. The predicted octanol–water partition coefficient (Wildman–Crippen LogP) is 5.29. The second-order valence-electron chi connectivity index (χ2n) is 8.03. The minimum atomic E-state index is -0.0341. The average Bonchev–Trinajstić information content (AvgIpc) is 3.21. The molecule has 0 bridgehead atoms. The molecule has 0 atom stereocenters. The molecular formula is C24H27N3OS. The van der Waals surface area contributed by atoms with Crippen LogP contribution in [0.25, 0.3) is 10.9 Å². The van der Waals surface area contributed by atoms with Gasteiger partial charge in [-0.1, -0.05) is 43.2 Å². The summed E-state index contributed by atoms with van der Waals surface area (Å²) in [7, 11) is 0. The number of aryl methyl sites for hydroxylation is 2. The summed E-state index contributed by atoms with van der Waals surface area (Å²) in [6.45, 7) is 4.60. The summed E-state index contributed by atoms with van der Waals surface area (Å²) in [6.07, 6.45) is 4.64. The number of rotatable bonds is 4. The fourth-order valence-electron chi connectivity index (χ4n) is 4.23. The van der Waals surface area contributed by atoms with Gasteiger partial charge < -0.3 is 15.2 Å².